The van der Waals surface area contributed by atoms with E-state index in [1.54, 1.807) is 7.11 Å². The molecule has 0 spiro atoms. The molecular weight excluding hydrogens is 262 g/mol. The highest BCUT2D eigenvalue weighted by atomic mass is 35.5. The lowest BCUT2D eigenvalue weighted by Gasteiger charge is -2.14. The number of hydrogen-bond donors (Lipinski definition) is 2. The summed E-state index contributed by atoms with van der Waals surface area (Å²) in [5.74, 6) is 0.731. The summed E-state index contributed by atoms with van der Waals surface area (Å²) < 4.78 is 5.13. The molecule has 0 heterocycles. The first kappa shape index (κ1) is 13.7. The molecule has 0 fully saturated rings. The molecule has 0 aliphatic carbocycles. The van der Waals surface area contributed by atoms with Crippen molar-refractivity contribution in [3.63, 3.8) is 0 Å². The summed E-state index contributed by atoms with van der Waals surface area (Å²) in [6.45, 7) is 0.386. The normalized spacial score (nSPS) is 11.9. The first-order valence-electron chi connectivity index (χ1n) is 6.01. The number of para-hydroxylation sites is 1. The fourth-order valence-corrected chi connectivity index (χ4v) is 1.98. The van der Waals surface area contributed by atoms with E-state index in [0.29, 0.717) is 11.6 Å². The van der Waals surface area contributed by atoms with Crippen molar-refractivity contribution >= 4 is 17.3 Å². The summed E-state index contributed by atoms with van der Waals surface area (Å²) in [5, 5.41) is 13.9. The number of nitrogens with one attached hydrogen (secondary N) is 1. The van der Waals surface area contributed by atoms with Crippen LogP contribution in [0.2, 0.25) is 5.02 Å². The Balaban J connectivity index is 2.01. The highest BCUT2D eigenvalue weighted by molar-refractivity contribution is 6.33. The lowest BCUT2D eigenvalue weighted by Crippen LogP contribution is -2.12. The fourth-order valence-electron chi connectivity index (χ4n) is 1.78. The number of anilines is 1. The van der Waals surface area contributed by atoms with Crippen molar-refractivity contribution in [1.29, 1.82) is 0 Å². The minimum atomic E-state index is -0.619. The molecule has 2 aromatic rings. The van der Waals surface area contributed by atoms with Crippen LogP contribution in [0.5, 0.6) is 5.75 Å². The van der Waals surface area contributed by atoms with Gasteiger partial charge in [0.2, 0.25) is 0 Å². The number of aliphatic hydroxyl groups is 1. The molecule has 0 aliphatic heterocycles. The van der Waals surface area contributed by atoms with Gasteiger partial charge >= 0.3 is 0 Å². The molecular formula is C15H16ClNO2. The molecule has 0 saturated carbocycles. The second-order valence-electron chi connectivity index (χ2n) is 4.15. The average Bonchev–Trinajstić information content (AvgIpc) is 2.46. The van der Waals surface area contributed by atoms with Gasteiger partial charge in [0.05, 0.1) is 23.9 Å². The molecule has 4 heteroatoms. The Bertz CT molecular complexity index is 545. The Morgan fingerprint density at radius 1 is 1.21 bits per heavy atom. The van der Waals surface area contributed by atoms with Gasteiger partial charge in [-0.1, -0.05) is 35.9 Å². The number of methoxy groups -OCH3 is 1. The molecule has 0 amide bonds. The molecule has 2 rings (SSSR count). The maximum absolute atomic E-state index is 10.1. The molecule has 0 radical (unpaired) electrons. The van der Waals surface area contributed by atoms with E-state index in [-0.39, 0.29) is 0 Å². The summed E-state index contributed by atoms with van der Waals surface area (Å²) in [5.41, 5.74) is 1.62. The molecule has 0 saturated heterocycles. The van der Waals surface area contributed by atoms with E-state index in [1.807, 2.05) is 48.5 Å². The average molecular weight is 278 g/mol. The van der Waals surface area contributed by atoms with Crippen molar-refractivity contribution in [3.05, 3.63) is 59.1 Å². The Kier molecular flexibility index (Phi) is 4.66. The zero-order valence-corrected chi connectivity index (χ0v) is 11.4. The van der Waals surface area contributed by atoms with E-state index in [1.165, 1.54) is 0 Å². The van der Waals surface area contributed by atoms with Crippen molar-refractivity contribution in [2.45, 2.75) is 6.10 Å². The third-order valence-corrected chi connectivity index (χ3v) is 3.17. The number of hydrogen-bond acceptors (Lipinski definition) is 3. The summed E-state index contributed by atoms with van der Waals surface area (Å²) >= 11 is 6.04. The standard InChI is InChI=1S/C15H16ClNO2/c1-19-12-6-4-5-11(9-12)15(18)10-17-14-8-3-2-7-13(14)16/h2-9,15,17-18H,10H2,1H3. The molecule has 100 valence electrons. The molecule has 1 unspecified atom stereocenters. The van der Waals surface area contributed by atoms with E-state index < -0.39 is 6.10 Å². The van der Waals surface area contributed by atoms with Crippen LogP contribution in [-0.4, -0.2) is 18.8 Å². The zero-order chi connectivity index (χ0) is 13.7. The number of ether oxygens (including phenoxy) is 1. The molecule has 0 bridgehead atoms. The second-order valence-corrected chi connectivity index (χ2v) is 4.56. The van der Waals surface area contributed by atoms with Crippen molar-refractivity contribution in [3.8, 4) is 5.75 Å². The van der Waals surface area contributed by atoms with Gasteiger partial charge < -0.3 is 15.2 Å². The van der Waals surface area contributed by atoms with Gasteiger partial charge in [0, 0.05) is 6.54 Å². The highest BCUT2D eigenvalue weighted by Crippen LogP contribution is 2.23. The van der Waals surface area contributed by atoms with Gasteiger partial charge in [-0.2, -0.15) is 0 Å². The summed E-state index contributed by atoms with van der Waals surface area (Å²) in [4.78, 5) is 0. The topological polar surface area (TPSA) is 41.5 Å². The summed E-state index contributed by atoms with van der Waals surface area (Å²) in [6.07, 6.45) is -0.619. The van der Waals surface area contributed by atoms with Crippen LogP contribution in [-0.2, 0) is 0 Å². The van der Waals surface area contributed by atoms with E-state index in [2.05, 4.69) is 5.32 Å². The molecule has 1 atom stereocenters. The summed E-state index contributed by atoms with van der Waals surface area (Å²) in [7, 11) is 1.60. The van der Waals surface area contributed by atoms with Crippen LogP contribution in [0.3, 0.4) is 0 Å². The third-order valence-electron chi connectivity index (χ3n) is 2.84. The predicted octanol–water partition coefficient (Wildman–Crippen LogP) is 3.49. The van der Waals surface area contributed by atoms with Crippen LogP contribution in [0.15, 0.2) is 48.5 Å². The van der Waals surface area contributed by atoms with Crippen molar-refractivity contribution in [2.24, 2.45) is 0 Å². The van der Waals surface area contributed by atoms with Crippen molar-refractivity contribution < 1.29 is 9.84 Å². The van der Waals surface area contributed by atoms with Crippen LogP contribution in [0, 0.1) is 0 Å². The smallest absolute Gasteiger partial charge is 0.119 e. The monoisotopic (exact) mass is 277 g/mol. The third kappa shape index (κ3) is 3.63. The first-order valence-corrected chi connectivity index (χ1v) is 6.39. The maximum Gasteiger partial charge on any atom is 0.119 e. The number of aliphatic hydroxyl groups excluding tert-OH is 1. The number of benzene rings is 2. The Morgan fingerprint density at radius 2 is 2.00 bits per heavy atom. The van der Waals surface area contributed by atoms with Gasteiger partial charge in [-0.05, 0) is 29.8 Å². The van der Waals surface area contributed by atoms with Crippen molar-refractivity contribution in [2.75, 3.05) is 19.0 Å². The van der Waals surface area contributed by atoms with Crippen LogP contribution in [0.1, 0.15) is 11.7 Å². The van der Waals surface area contributed by atoms with Gasteiger partial charge in [-0.25, -0.2) is 0 Å². The minimum absolute atomic E-state index is 0.386. The van der Waals surface area contributed by atoms with Gasteiger partial charge in [0.25, 0.3) is 0 Å². The minimum Gasteiger partial charge on any atom is -0.497 e. The highest BCUT2D eigenvalue weighted by Gasteiger charge is 2.09. The molecule has 3 nitrogen and oxygen atoms in total. The van der Waals surface area contributed by atoms with Crippen LogP contribution in [0.25, 0.3) is 0 Å². The fraction of sp³-hybridized carbons (Fsp3) is 0.200. The molecule has 2 N–H and O–H groups in total. The lowest BCUT2D eigenvalue weighted by molar-refractivity contribution is 0.191. The SMILES string of the molecule is COc1cccc(C(O)CNc2ccccc2Cl)c1. The first-order chi connectivity index (χ1) is 9.20. The van der Waals surface area contributed by atoms with E-state index in [4.69, 9.17) is 16.3 Å². The molecule has 2 aromatic carbocycles. The van der Waals surface area contributed by atoms with Crippen LogP contribution < -0.4 is 10.1 Å². The van der Waals surface area contributed by atoms with E-state index in [9.17, 15) is 5.11 Å². The van der Waals surface area contributed by atoms with Gasteiger partial charge in [-0.15, -0.1) is 0 Å². The maximum atomic E-state index is 10.1. The largest absolute Gasteiger partial charge is 0.497 e. The lowest BCUT2D eigenvalue weighted by atomic mass is 10.1. The van der Waals surface area contributed by atoms with Gasteiger partial charge in [-0.3, -0.25) is 0 Å². The van der Waals surface area contributed by atoms with Crippen LogP contribution >= 0.6 is 11.6 Å². The predicted molar refractivity (Wildman–Crippen MR) is 77.9 cm³/mol. The second kappa shape index (κ2) is 6.45. The quantitative estimate of drug-likeness (QED) is 0.879. The van der Waals surface area contributed by atoms with E-state index in [0.717, 1.165) is 17.0 Å². The molecule has 19 heavy (non-hydrogen) atoms. The van der Waals surface area contributed by atoms with Gasteiger partial charge in [0.1, 0.15) is 5.75 Å². The Morgan fingerprint density at radius 3 is 2.74 bits per heavy atom. The number of halogens is 1. The van der Waals surface area contributed by atoms with E-state index >= 15 is 0 Å². The number of rotatable bonds is 5. The zero-order valence-electron chi connectivity index (χ0n) is 10.6. The molecule has 0 aliphatic rings. The van der Waals surface area contributed by atoms with Crippen LogP contribution in [0.4, 0.5) is 5.69 Å². The van der Waals surface area contributed by atoms with Crippen molar-refractivity contribution in [1.82, 2.24) is 0 Å². The molecule has 0 aromatic heterocycles. The Labute approximate surface area is 117 Å². The Hall–Kier alpha value is -1.71. The summed E-state index contributed by atoms with van der Waals surface area (Å²) in [6, 6.07) is 14.8. The van der Waals surface area contributed by atoms with Gasteiger partial charge in [0.15, 0.2) is 0 Å².